The zero-order valence-electron chi connectivity index (χ0n) is 11.6. The van der Waals surface area contributed by atoms with Crippen LogP contribution >= 0.6 is 0 Å². The molecule has 96 valence electrons. The SMILES string of the molecule is CNCCC1CCCCN1C(C)CC(C)C. The molecule has 2 nitrogen and oxygen atoms in total. The Bertz CT molecular complexity index is 180. The van der Waals surface area contributed by atoms with Crippen molar-refractivity contribution in [3.05, 3.63) is 0 Å². The molecule has 2 heteroatoms. The minimum absolute atomic E-state index is 0.766. The molecule has 2 atom stereocenters. The van der Waals surface area contributed by atoms with Gasteiger partial charge in [-0.15, -0.1) is 0 Å². The van der Waals surface area contributed by atoms with E-state index < -0.39 is 0 Å². The van der Waals surface area contributed by atoms with Crippen molar-refractivity contribution >= 4 is 0 Å². The van der Waals surface area contributed by atoms with Crippen LogP contribution in [0.5, 0.6) is 0 Å². The first-order chi connectivity index (χ1) is 7.65. The summed E-state index contributed by atoms with van der Waals surface area (Å²) in [5.41, 5.74) is 0. The fourth-order valence-corrected chi connectivity index (χ4v) is 3.04. The van der Waals surface area contributed by atoms with Gasteiger partial charge in [-0.05, 0) is 58.7 Å². The van der Waals surface area contributed by atoms with Gasteiger partial charge in [0.2, 0.25) is 0 Å². The number of hydrogen-bond acceptors (Lipinski definition) is 2. The van der Waals surface area contributed by atoms with Gasteiger partial charge in [0, 0.05) is 12.1 Å². The van der Waals surface area contributed by atoms with Crippen LogP contribution in [0.1, 0.15) is 52.9 Å². The standard InChI is InChI=1S/C14H30N2/c1-12(2)11-13(3)16-10-6-5-7-14(16)8-9-15-4/h12-15H,5-11H2,1-4H3. The summed E-state index contributed by atoms with van der Waals surface area (Å²) in [6.07, 6.45) is 6.90. The summed E-state index contributed by atoms with van der Waals surface area (Å²) in [7, 11) is 2.06. The van der Waals surface area contributed by atoms with E-state index in [2.05, 4.69) is 38.0 Å². The van der Waals surface area contributed by atoms with Gasteiger partial charge in [0.1, 0.15) is 0 Å². The molecule has 0 saturated carbocycles. The summed E-state index contributed by atoms with van der Waals surface area (Å²) in [5.74, 6) is 0.821. The van der Waals surface area contributed by atoms with Crippen LogP contribution in [0.2, 0.25) is 0 Å². The summed E-state index contributed by atoms with van der Waals surface area (Å²) in [5, 5.41) is 3.29. The fraction of sp³-hybridized carbons (Fsp3) is 1.00. The second-order valence-electron chi connectivity index (χ2n) is 5.76. The molecule has 0 bridgehead atoms. The molecule has 1 heterocycles. The van der Waals surface area contributed by atoms with Crippen LogP contribution in [0.25, 0.3) is 0 Å². The van der Waals surface area contributed by atoms with E-state index in [9.17, 15) is 0 Å². The maximum absolute atomic E-state index is 3.29. The smallest absolute Gasteiger partial charge is 0.0110 e. The molecule has 0 aromatic carbocycles. The lowest BCUT2D eigenvalue weighted by molar-refractivity contribution is 0.0863. The fourth-order valence-electron chi connectivity index (χ4n) is 3.04. The number of piperidine rings is 1. The first-order valence-corrected chi connectivity index (χ1v) is 7.05. The van der Waals surface area contributed by atoms with Crippen LogP contribution in [0.4, 0.5) is 0 Å². The summed E-state index contributed by atoms with van der Waals surface area (Å²) in [4.78, 5) is 2.76. The molecule has 1 aliphatic rings. The number of nitrogens with one attached hydrogen (secondary N) is 1. The summed E-state index contributed by atoms with van der Waals surface area (Å²) >= 11 is 0. The van der Waals surface area contributed by atoms with Gasteiger partial charge in [-0.2, -0.15) is 0 Å². The van der Waals surface area contributed by atoms with Crippen molar-refractivity contribution < 1.29 is 0 Å². The normalized spacial score (nSPS) is 24.9. The van der Waals surface area contributed by atoms with Crippen LogP contribution in [0.15, 0.2) is 0 Å². The molecule has 0 radical (unpaired) electrons. The molecule has 1 saturated heterocycles. The van der Waals surface area contributed by atoms with E-state index in [4.69, 9.17) is 0 Å². The number of likely N-dealkylation sites (tertiary alicyclic amines) is 1. The van der Waals surface area contributed by atoms with E-state index in [1.807, 2.05) is 0 Å². The lowest BCUT2D eigenvalue weighted by Crippen LogP contribution is -2.46. The number of nitrogens with zero attached hydrogens (tertiary/aromatic N) is 1. The zero-order chi connectivity index (χ0) is 12.0. The molecule has 0 aromatic rings. The van der Waals surface area contributed by atoms with Crippen LogP contribution in [-0.2, 0) is 0 Å². The van der Waals surface area contributed by atoms with Gasteiger partial charge >= 0.3 is 0 Å². The lowest BCUT2D eigenvalue weighted by Gasteiger charge is -2.40. The second kappa shape index (κ2) is 7.29. The largest absolute Gasteiger partial charge is 0.320 e. The molecule has 1 N–H and O–H groups in total. The molecule has 2 unspecified atom stereocenters. The average molecular weight is 226 g/mol. The Morgan fingerprint density at radius 1 is 1.25 bits per heavy atom. The molecule has 0 aliphatic carbocycles. The first-order valence-electron chi connectivity index (χ1n) is 7.05. The number of rotatable bonds is 6. The van der Waals surface area contributed by atoms with Gasteiger partial charge in [0.15, 0.2) is 0 Å². The van der Waals surface area contributed by atoms with Gasteiger partial charge in [-0.25, -0.2) is 0 Å². The first kappa shape index (κ1) is 14.0. The van der Waals surface area contributed by atoms with Crippen molar-refractivity contribution in [3.8, 4) is 0 Å². The van der Waals surface area contributed by atoms with Gasteiger partial charge in [-0.3, -0.25) is 4.90 Å². The molecule has 1 rings (SSSR count). The Kier molecular flexibility index (Phi) is 6.37. The van der Waals surface area contributed by atoms with E-state index in [0.717, 1.165) is 24.5 Å². The third kappa shape index (κ3) is 4.42. The van der Waals surface area contributed by atoms with E-state index in [0.29, 0.717) is 0 Å². The molecular formula is C14H30N2. The van der Waals surface area contributed by atoms with Gasteiger partial charge in [0.05, 0.1) is 0 Å². The second-order valence-corrected chi connectivity index (χ2v) is 5.76. The average Bonchev–Trinajstić information content (AvgIpc) is 2.25. The van der Waals surface area contributed by atoms with Crippen molar-refractivity contribution in [2.45, 2.75) is 65.0 Å². The predicted molar refractivity (Wildman–Crippen MR) is 71.8 cm³/mol. The zero-order valence-corrected chi connectivity index (χ0v) is 11.6. The van der Waals surface area contributed by atoms with E-state index in [-0.39, 0.29) is 0 Å². The predicted octanol–water partition coefficient (Wildman–Crippen LogP) is 2.89. The van der Waals surface area contributed by atoms with Gasteiger partial charge < -0.3 is 5.32 Å². The van der Waals surface area contributed by atoms with Crippen molar-refractivity contribution in [1.29, 1.82) is 0 Å². The monoisotopic (exact) mass is 226 g/mol. The van der Waals surface area contributed by atoms with Gasteiger partial charge in [0.25, 0.3) is 0 Å². The molecule has 1 aliphatic heterocycles. The van der Waals surface area contributed by atoms with Crippen molar-refractivity contribution in [2.24, 2.45) is 5.92 Å². The highest BCUT2D eigenvalue weighted by molar-refractivity contribution is 4.81. The van der Waals surface area contributed by atoms with E-state index in [1.54, 1.807) is 0 Å². The van der Waals surface area contributed by atoms with Crippen molar-refractivity contribution in [2.75, 3.05) is 20.1 Å². The maximum Gasteiger partial charge on any atom is 0.0110 e. The van der Waals surface area contributed by atoms with Crippen molar-refractivity contribution in [3.63, 3.8) is 0 Å². The maximum atomic E-state index is 3.29. The van der Waals surface area contributed by atoms with Crippen LogP contribution < -0.4 is 5.32 Å². The van der Waals surface area contributed by atoms with Crippen molar-refractivity contribution in [1.82, 2.24) is 10.2 Å². The molecule has 0 aromatic heterocycles. The Morgan fingerprint density at radius 3 is 2.62 bits per heavy atom. The van der Waals surface area contributed by atoms with Crippen LogP contribution in [0.3, 0.4) is 0 Å². The Morgan fingerprint density at radius 2 is 2.00 bits per heavy atom. The summed E-state index contributed by atoms with van der Waals surface area (Å²) in [6, 6.07) is 1.59. The minimum atomic E-state index is 0.766. The molecule has 0 amide bonds. The Labute approximate surface area is 102 Å². The molecule has 1 fully saturated rings. The minimum Gasteiger partial charge on any atom is -0.320 e. The van der Waals surface area contributed by atoms with Gasteiger partial charge in [-0.1, -0.05) is 20.3 Å². The molecule has 16 heavy (non-hydrogen) atoms. The third-order valence-electron chi connectivity index (χ3n) is 3.78. The molecule has 0 spiro atoms. The Hall–Kier alpha value is -0.0800. The topological polar surface area (TPSA) is 15.3 Å². The Balaban J connectivity index is 2.45. The van der Waals surface area contributed by atoms with E-state index >= 15 is 0 Å². The summed E-state index contributed by atoms with van der Waals surface area (Å²) in [6.45, 7) is 9.57. The quantitative estimate of drug-likeness (QED) is 0.749. The highest BCUT2D eigenvalue weighted by atomic mass is 15.2. The van der Waals surface area contributed by atoms with Crippen LogP contribution in [0, 0.1) is 5.92 Å². The molecular weight excluding hydrogens is 196 g/mol. The number of hydrogen-bond donors (Lipinski definition) is 1. The highest BCUT2D eigenvalue weighted by Crippen LogP contribution is 2.24. The van der Waals surface area contributed by atoms with E-state index in [1.165, 1.54) is 38.6 Å². The highest BCUT2D eigenvalue weighted by Gasteiger charge is 2.26. The summed E-state index contributed by atoms with van der Waals surface area (Å²) < 4.78 is 0. The van der Waals surface area contributed by atoms with Crippen LogP contribution in [-0.4, -0.2) is 37.1 Å². The lowest BCUT2D eigenvalue weighted by atomic mass is 9.94. The third-order valence-corrected chi connectivity index (χ3v) is 3.78.